The van der Waals surface area contributed by atoms with Crippen molar-refractivity contribution in [3.63, 3.8) is 0 Å². The normalized spacial score (nSPS) is 20.8. The molecule has 1 aromatic heterocycles. The van der Waals surface area contributed by atoms with Gasteiger partial charge in [-0.25, -0.2) is 0 Å². The van der Waals surface area contributed by atoms with Crippen LogP contribution in [0.1, 0.15) is 30.0 Å². The zero-order valence-corrected chi connectivity index (χ0v) is 16.2. The number of carbonyl (C=O) groups is 1. The summed E-state index contributed by atoms with van der Waals surface area (Å²) in [6.07, 6.45) is 3.86. The first-order chi connectivity index (χ1) is 11.5. The molecule has 0 radical (unpaired) electrons. The lowest BCUT2D eigenvalue weighted by Crippen LogP contribution is -2.37. The van der Waals surface area contributed by atoms with Crippen molar-refractivity contribution in [1.82, 2.24) is 20.0 Å². The van der Waals surface area contributed by atoms with Gasteiger partial charge < -0.3 is 10.2 Å². The Morgan fingerprint density at radius 2 is 2.04 bits per heavy atom. The van der Waals surface area contributed by atoms with E-state index < -0.39 is 0 Å². The number of nitrogens with one attached hydrogen (secondary N) is 1. The van der Waals surface area contributed by atoms with E-state index in [1.165, 1.54) is 0 Å². The Hall–Kier alpha value is -1.56. The van der Waals surface area contributed by atoms with Gasteiger partial charge in [0.15, 0.2) is 0 Å². The molecule has 0 spiro atoms. The Morgan fingerprint density at radius 1 is 1.36 bits per heavy atom. The topological polar surface area (TPSA) is 50.2 Å². The van der Waals surface area contributed by atoms with Crippen LogP contribution in [0.3, 0.4) is 0 Å². The number of aryl methyl sites for hydroxylation is 1. The third-order valence-corrected chi connectivity index (χ3v) is 5.22. The summed E-state index contributed by atoms with van der Waals surface area (Å²) in [4.78, 5) is 14.9. The summed E-state index contributed by atoms with van der Waals surface area (Å²) >= 11 is 5.95. The van der Waals surface area contributed by atoms with Gasteiger partial charge in [0.2, 0.25) is 5.91 Å². The molecule has 3 rings (SSSR count). The zero-order valence-electron chi connectivity index (χ0n) is 14.6. The van der Waals surface area contributed by atoms with E-state index in [2.05, 4.69) is 10.4 Å². The number of halogens is 2. The van der Waals surface area contributed by atoms with Crippen molar-refractivity contribution >= 4 is 29.9 Å². The fraction of sp³-hybridized carbons (Fsp3) is 0.444. The molecule has 1 saturated heterocycles. The van der Waals surface area contributed by atoms with Crippen LogP contribution in [-0.2, 0) is 11.8 Å². The average molecular weight is 383 g/mol. The molecule has 7 heteroatoms. The Balaban J connectivity index is 0.00000225. The maximum Gasteiger partial charge on any atom is 0.227 e. The summed E-state index contributed by atoms with van der Waals surface area (Å²) in [5.74, 6) is 0.274. The van der Waals surface area contributed by atoms with Gasteiger partial charge in [0.05, 0.1) is 18.2 Å². The minimum Gasteiger partial charge on any atom is -0.339 e. The predicted octanol–water partition coefficient (Wildman–Crippen LogP) is 3.02. The second-order valence-electron chi connectivity index (χ2n) is 6.50. The van der Waals surface area contributed by atoms with E-state index in [9.17, 15) is 4.79 Å². The molecule has 2 aromatic rings. The lowest BCUT2D eigenvalue weighted by molar-refractivity contribution is -0.136. The fourth-order valence-electron chi connectivity index (χ4n) is 3.34. The maximum absolute atomic E-state index is 13.1. The molecule has 3 atom stereocenters. The minimum absolute atomic E-state index is 0. The van der Waals surface area contributed by atoms with Crippen LogP contribution < -0.4 is 5.32 Å². The van der Waals surface area contributed by atoms with Crippen LogP contribution in [0.25, 0.3) is 0 Å². The monoisotopic (exact) mass is 382 g/mol. The first kappa shape index (κ1) is 19.8. The molecule has 0 aliphatic carbocycles. The summed E-state index contributed by atoms with van der Waals surface area (Å²) in [6, 6.07) is 7.68. The van der Waals surface area contributed by atoms with E-state index in [1.807, 2.05) is 62.6 Å². The number of nitrogens with zero attached hydrogens (tertiary/aromatic N) is 3. The van der Waals surface area contributed by atoms with E-state index in [0.29, 0.717) is 11.6 Å². The van der Waals surface area contributed by atoms with Gasteiger partial charge >= 0.3 is 0 Å². The number of benzene rings is 1. The highest BCUT2D eigenvalue weighted by Gasteiger charge is 2.37. The molecular weight excluding hydrogens is 359 g/mol. The van der Waals surface area contributed by atoms with Gasteiger partial charge in [-0.3, -0.25) is 9.48 Å². The molecule has 0 saturated carbocycles. The highest BCUT2D eigenvalue weighted by atomic mass is 35.5. The quantitative estimate of drug-likeness (QED) is 0.883. The van der Waals surface area contributed by atoms with E-state index in [1.54, 1.807) is 4.68 Å². The molecule has 1 aliphatic rings. The molecule has 1 unspecified atom stereocenters. The van der Waals surface area contributed by atoms with E-state index in [0.717, 1.165) is 17.7 Å². The lowest BCUT2D eigenvalue weighted by Gasteiger charge is -2.29. The van der Waals surface area contributed by atoms with Gasteiger partial charge in [0.1, 0.15) is 0 Å². The Bertz CT molecular complexity index is 716. The highest BCUT2D eigenvalue weighted by Crippen LogP contribution is 2.31. The molecule has 1 amide bonds. The van der Waals surface area contributed by atoms with Crippen LogP contribution in [0.5, 0.6) is 0 Å². The lowest BCUT2D eigenvalue weighted by atomic mass is 9.89. The Morgan fingerprint density at radius 3 is 2.64 bits per heavy atom. The minimum atomic E-state index is -0.0612. The molecule has 25 heavy (non-hydrogen) atoms. The summed E-state index contributed by atoms with van der Waals surface area (Å²) < 4.78 is 1.79. The summed E-state index contributed by atoms with van der Waals surface area (Å²) in [7, 11) is 3.78. The van der Waals surface area contributed by atoms with Crippen molar-refractivity contribution in [2.45, 2.75) is 18.9 Å². The van der Waals surface area contributed by atoms with Crippen molar-refractivity contribution in [1.29, 1.82) is 0 Å². The van der Waals surface area contributed by atoms with Crippen LogP contribution >= 0.6 is 24.0 Å². The zero-order chi connectivity index (χ0) is 17.3. The van der Waals surface area contributed by atoms with Gasteiger partial charge in [0.25, 0.3) is 0 Å². The van der Waals surface area contributed by atoms with Crippen LogP contribution in [-0.4, -0.2) is 40.7 Å². The molecule has 1 fully saturated rings. The first-order valence-corrected chi connectivity index (χ1v) is 8.56. The fourth-order valence-corrected chi connectivity index (χ4v) is 3.46. The number of hydrogen-bond acceptors (Lipinski definition) is 3. The summed E-state index contributed by atoms with van der Waals surface area (Å²) in [5, 5.41) is 8.30. The summed E-state index contributed by atoms with van der Waals surface area (Å²) in [6.45, 7) is 3.56. The van der Waals surface area contributed by atoms with Crippen molar-refractivity contribution in [3.05, 3.63) is 52.8 Å². The van der Waals surface area contributed by atoms with E-state index in [-0.39, 0.29) is 36.2 Å². The number of amides is 1. The molecule has 5 nitrogen and oxygen atoms in total. The molecule has 0 bridgehead atoms. The Kier molecular flexibility index (Phi) is 6.49. The van der Waals surface area contributed by atoms with Gasteiger partial charge in [-0.1, -0.05) is 23.7 Å². The standard InChI is InChI=1S/C18H23ClN4O.ClH/c1-12(13-4-6-15(19)7-5-13)23(3)18(24)17-10-20-9-16(17)14-8-21-22(2)11-14;/h4-8,11-12,16-17,20H,9-10H2,1-3H3;1H/t12?,16-,17+;/m1./s1. The van der Waals surface area contributed by atoms with Gasteiger partial charge in [-0.05, 0) is 30.2 Å². The van der Waals surface area contributed by atoms with Gasteiger partial charge in [0, 0.05) is 44.3 Å². The molecular formula is C18H24Cl2N4O. The third-order valence-electron chi connectivity index (χ3n) is 4.97. The highest BCUT2D eigenvalue weighted by molar-refractivity contribution is 6.30. The molecule has 1 aromatic carbocycles. The van der Waals surface area contributed by atoms with Gasteiger partial charge in [-0.15, -0.1) is 12.4 Å². The van der Waals surface area contributed by atoms with Crippen molar-refractivity contribution < 1.29 is 4.79 Å². The van der Waals surface area contributed by atoms with Crippen molar-refractivity contribution in [2.75, 3.05) is 20.1 Å². The smallest absolute Gasteiger partial charge is 0.227 e. The van der Waals surface area contributed by atoms with Crippen LogP contribution in [0, 0.1) is 5.92 Å². The number of hydrogen-bond donors (Lipinski definition) is 1. The maximum atomic E-state index is 13.1. The largest absolute Gasteiger partial charge is 0.339 e. The number of carbonyl (C=O) groups excluding carboxylic acids is 1. The first-order valence-electron chi connectivity index (χ1n) is 8.18. The van der Waals surface area contributed by atoms with Crippen LogP contribution in [0.4, 0.5) is 0 Å². The Labute approximate surface area is 159 Å². The van der Waals surface area contributed by atoms with Crippen LogP contribution in [0.15, 0.2) is 36.7 Å². The number of rotatable bonds is 4. The van der Waals surface area contributed by atoms with Crippen LogP contribution in [0.2, 0.25) is 5.02 Å². The molecule has 1 N–H and O–H groups in total. The molecule has 1 aliphatic heterocycles. The SMILES string of the molecule is CC(c1ccc(Cl)cc1)N(C)C(=O)[C@H]1CNC[C@@H]1c1cnn(C)c1.Cl. The molecule has 2 heterocycles. The second kappa shape index (κ2) is 8.21. The van der Waals surface area contributed by atoms with Crippen molar-refractivity contribution in [2.24, 2.45) is 13.0 Å². The van der Waals surface area contributed by atoms with Crippen molar-refractivity contribution in [3.8, 4) is 0 Å². The summed E-state index contributed by atoms with van der Waals surface area (Å²) in [5.41, 5.74) is 2.20. The average Bonchev–Trinajstić information content (AvgIpc) is 3.22. The van der Waals surface area contributed by atoms with E-state index >= 15 is 0 Å². The molecule has 136 valence electrons. The predicted molar refractivity (Wildman–Crippen MR) is 102 cm³/mol. The number of aromatic nitrogens is 2. The second-order valence-corrected chi connectivity index (χ2v) is 6.93. The van der Waals surface area contributed by atoms with E-state index in [4.69, 9.17) is 11.6 Å². The third kappa shape index (κ3) is 4.17. The van der Waals surface area contributed by atoms with Gasteiger partial charge in [-0.2, -0.15) is 5.10 Å².